The third-order valence-electron chi connectivity index (χ3n) is 4.59. The zero-order valence-corrected chi connectivity index (χ0v) is 17.6. The van der Waals surface area contributed by atoms with E-state index in [-0.39, 0.29) is 23.3 Å². The van der Waals surface area contributed by atoms with Crippen LogP contribution in [0.3, 0.4) is 0 Å². The summed E-state index contributed by atoms with van der Waals surface area (Å²) in [6, 6.07) is 16.4. The molecule has 146 valence electrons. The molecule has 0 bridgehead atoms. The largest absolute Gasteiger partial charge is 0.483 e. The van der Waals surface area contributed by atoms with Gasteiger partial charge in [0.15, 0.2) is 6.61 Å². The first kappa shape index (κ1) is 21.0. The van der Waals surface area contributed by atoms with Gasteiger partial charge in [0.25, 0.3) is 5.91 Å². The number of nitrogens with one attached hydrogen (secondary N) is 1. The Kier molecular flexibility index (Phi) is 6.69. The van der Waals surface area contributed by atoms with Gasteiger partial charge in [0, 0.05) is 6.54 Å². The maximum atomic E-state index is 12.2. The van der Waals surface area contributed by atoms with Crippen molar-refractivity contribution in [1.82, 2.24) is 5.32 Å². The summed E-state index contributed by atoms with van der Waals surface area (Å²) in [5.41, 5.74) is 3.64. The van der Waals surface area contributed by atoms with Crippen molar-refractivity contribution < 1.29 is 9.53 Å². The number of carbonyl (C=O) groups excluding carboxylic acids is 1. The Morgan fingerprint density at radius 3 is 2.19 bits per heavy atom. The molecule has 3 nitrogen and oxygen atoms in total. The number of hydrogen-bond acceptors (Lipinski definition) is 2. The van der Waals surface area contributed by atoms with E-state index in [1.165, 1.54) is 11.1 Å². The van der Waals surface area contributed by atoms with Gasteiger partial charge < -0.3 is 10.1 Å². The molecule has 0 aromatic heterocycles. The van der Waals surface area contributed by atoms with Crippen LogP contribution >= 0.6 is 0 Å². The third kappa shape index (κ3) is 6.42. The van der Waals surface area contributed by atoms with Crippen molar-refractivity contribution in [1.29, 1.82) is 0 Å². The van der Waals surface area contributed by atoms with Crippen LogP contribution in [0.2, 0.25) is 0 Å². The molecule has 27 heavy (non-hydrogen) atoms. The van der Waals surface area contributed by atoms with Crippen LogP contribution in [0.1, 0.15) is 58.2 Å². The fourth-order valence-electron chi connectivity index (χ4n) is 2.89. The highest BCUT2D eigenvalue weighted by atomic mass is 16.5. The second kappa shape index (κ2) is 8.60. The maximum absolute atomic E-state index is 12.2. The predicted octanol–water partition coefficient (Wildman–Crippen LogP) is 5.02. The smallest absolute Gasteiger partial charge is 0.257 e. The molecule has 0 spiro atoms. The SMILES string of the molecule is CC(C)(C)c1ccc(OCC(=O)NCCc2ccccc2)c(C(C)(C)C)c1. The molecular formula is C24H33NO2. The van der Waals surface area contributed by atoms with Crippen LogP contribution in [0, 0.1) is 0 Å². The van der Waals surface area contributed by atoms with Gasteiger partial charge in [0.05, 0.1) is 0 Å². The monoisotopic (exact) mass is 367 g/mol. The Balaban J connectivity index is 1.97. The van der Waals surface area contributed by atoms with E-state index >= 15 is 0 Å². The first-order valence-electron chi connectivity index (χ1n) is 9.66. The van der Waals surface area contributed by atoms with Crippen LogP contribution in [0.4, 0.5) is 0 Å². The Bertz CT molecular complexity index is 752. The van der Waals surface area contributed by atoms with Crippen molar-refractivity contribution >= 4 is 5.91 Å². The standard InChI is InChI=1S/C24H33NO2/c1-23(2,3)19-12-13-21(20(16-19)24(4,5)6)27-17-22(26)25-15-14-18-10-8-7-9-11-18/h7-13,16H,14-15,17H2,1-6H3,(H,25,26). The lowest BCUT2D eigenvalue weighted by atomic mass is 9.80. The van der Waals surface area contributed by atoms with Crippen molar-refractivity contribution in [3.63, 3.8) is 0 Å². The molecule has 1 amide bonds. The topological polar surface area (TPSA) is 38.3 Å². The van der Waals surface area contributed by atoms with E-state index in [1.54, 1.807) is 0 Å². The molecule has 0 heterocycles. The van der Waals surface area contributed by atoms with Gasteiger partial charge in [-0.05, 0) is 40.0 Å². The van der Waals surface area contributed by atoms with E-state index in [4.69, 9.17) is 4.74 Å². The van der Waals surface area contributed by atoms with Crippen molar-refractivity contribution in [2.75, 3.05) is 13.2 Å². The van der Waals surface area contributed by atoms with Crippen molar-refractivity contribution in [2.24, 2.45) is 0 Å². The highest BCUT2D eigenvalue weighted by molar-refractivity contribution is 5.77. The summed E-state index contributed by atoms with van der Waals surface area (Å²) in [5, 5.41) is 2.93. The Labute approximate surface area is 164 Å². The molecular weight excluding hydrogens is 334 g/mol. The van der Waals surface area contributed by atoms with Crippen LogP contribution < -0.4 is 10.1 Å². The van der Waals surface area contributed by atoms with Crippen molar-refractivity contribution in [3.8, 4) is 5.75 Å². The number of amides is 1. The number of carbonyl (C=O) groups is 1. The summed E-state index contributed by atoms with van der Waals surface area (Å²) in [5.74, 6) is 0.694. The van der Waals surface area contributed by atoms with Gasteiger partial charge in [-0.15, -0.1) is 0 Å². The van der Waals surface area contributed by atoms with Crippen molar-refractivity contribution in [3.05, 3.63) is 65.2 Å². The average Bonchev–Trinajstić information content (AvgIpc) is 2.59. The predicted molar refractivity (Wildman–Crippen MR) is 112 cm³/mol. The summed E-state index contributed by atoms with van der Waals surface area (Å²) >= 11 is 0. The van der Waals surface area contributed by atoms with E-state index < -0.39 is 0 Å². The first-order chi connectivity index (χ1) is 12.6. The molecule has 0 unspecified atom stereocenters. The van der Waals surface area contributed by atoms with E-state index in [2.05, 4.69) is 71.1 Å². The van der Waals surface area contributed by atoms with Gasteiger partial charge in [0.1, 0.15) is 5.75 Å². The Morgan fingerprint density at radius 2 is 1.59 bits per heavy atom. The minimum atomic E-state index is -0.0920. The van der Waals surface area contributed by atoms with E-state index in [0.717, 1.165) is 17.7 Å². The highest BCUT2D eigenvalue weighted by Gasteiger charge is 2.23. The Morgan fingerprint density at radius 1 is 0.926 bits per heavy atom. The van der Waals surface area contributed by atoms with Crippen LogP contribution in [0.15, 0.2) is 48.5 Å². The first-order valence-corrected chi connectivity index (χ1v) is 9.66. The van der Waals surface area contributed by atoms with Gasteiger partial charge in [-0.25, -0.2) is 0 Å². The molecule has 0 atom stereocenters. The molecule has 1 N–H and O–H groups in total. The van der Waals surface area contributed by atoms with Crippen molar-refractivity contribution in [2.45, 2.75) is 58.8 Å². The van der Waals surface area contributed by atoms with Gasteiger partial charge in [-0.3, -0.25) is 4.79 Å². The van der Waals surface area contributed by atoms with E-state index in [1.807, 2.05) is 24.3 Å². The average molecular weight is 368 g/mol. The van der Waals surface area contributed by atoms with Crippen LogP contribution in [0.5, 0.6) is 5.75 Å². The summed E-state index contributed by atoms with van der Waals surface area (Å²) < 4.78 is 5.88. The molecule has 0 radical (unpaired) electrons. The molecule has 2 rings (SSSR count). The lowest BCUT2D eigenvalue weighted by molar-refractivity contribution is -0.123. The van der Waals surface area contributed by atoms with Crippen LogP contribution in [-0.2, 0) is 22.0 Å². The highest BCUT2D eigenvalue weighted by Crippen LogP contribution is 2.35. The minimum absolute atomic E-state index is 0.0345. The zero-order chi connectivity index (χ0) is 20.1. The summed E-state index contributed by atoms with van der Waals surface area (Å²) in [6.45, 7) is 13.8. The number of ether oxygens (including phenoxy) is 1. The molecule has 0 aliphatic rings. The number of rotatable bonds is 6. The molecule has 0 aliphatic heterocycles. The zero-order valence-electron chi connectivity index (χ0n) is 17.6. The molecule has 0 saturated carbocycles. The number of benzene rings is 2. The second-order valence-corrected chi connectivity index (χ2v) is 9.09. The normalized spacial score (nSPS) is 11.9. The molecule has 2 aromatic carbocycles. The second-order valence-electron chi connectivity index (χ2n) is 9.09. The van der Waals surface area contributed by atoms with Crippen LogP contribution in [-0.4, -0.2) is 19.1 Å². The van der Waals surface area contributed by atoms with E-state index in [9.17, 15) is 4.79 Å². The lowest BCUT2D eigenvalue weighted by Gasteiger charge is -2.27. The summed E-state index contributed by atoms with van der Waals surface area (Å²) in [7, 11) is 0. The van der Waals surface area contributed by atoms with Gasteiger partial charge in [-0.1, -0.05) is 84.0 Å². The number of hydrogen-bond donors (Lipinski definition) is 1. The maximum Gasteiger partial charge on any atom is 0.257 e. The molecule has 0 aliphatic carbocycles. The Hall–Kier alpha value is -2.29. The van der Waals surface area contributed by atoms with Crippen LogP contribution in [0.25, 0.3) is 0 Å². The molecule has 3 heteroatoms. The third-order valence-corrected chi connectivity index (χ3v) is 4.59. The molecule has 2 aromatic rings. The van der Waals surface area contributed by atoms with E-state index in [0.29, 0.717) is 6.54 Å². The molecule has 0 saturated heterocycles. The quantitative estimate of drug-likeness (QED) is 0.778. The van der Waals surface area contributed by atoms with Gasteiger partial charge in [0.2, 0.25) is 0 Å². The fourth-order valence-corrected chi connectivity index (χ4v) is 2.89. The minimum Gasteiger partial charge on any atom is -0.483 e. The summed E-state index contributed by atoms with van der Waals surface area (Å²) in [4.78, 5) is 12.2. The fraction of sp³-hybridized carbons (Fsp3) is 0.458. The summed E-state index contributed by atoms with van der Waals surface area (Å²) in [6.07, 6.45) is 0.820. The molecule has 0 fully saturated rings. The van der Waals surface area contributed by atoms with Gasteiger partial charge in [-0.2, -0.15) is 0 Å². The lowest BCUT2D eigenvalue weighted by Crippen LogP contribution is -2.31. The van der Waals surface area contributed by atoms with Gasteiger partial charge >= 0.3 is 0 Å².